The molecule has 0 aromatic carbocycles. The van der Waals surface area contributed by atoms with Gasteiger partial charge in [-0.2, -0.15) is 0 Å². The lowest BCUT2D eigenvalue weighted by Crippen LogP contribution is -2.38. The maximum absolute atomic E-state index is 3.32. The first-order valence-electron chi connectivity index (χ1n) is 3.80. The summed E-state index contributed by atoms with van der Waals surface area (Å²) < 4.78 is 3.32. The molecule has 0 aromatic heterocycles. The van der Waals surface area contributed by atoms with Crippen LogP contribution in [0.25, 0.3) is 0 Å². The average molecular weight is 156 g/mol. The van der Waals surface area contributed by atoms with Crippen molar-refractivity contribution >= 4 is 11.9 Å². The van der Waals surface area contributed by atoms with E-state index in [1.54, 1.807) is 0 Å². The quantitative estimate of drug-likeness (QED) is 0.530. The summed E-state index contributed by atoms with van der Waals surface area (Å²) in [6, 6.07) is 0. The van der Waals surface area contributed by atoms with Crippen LogP contribution in [0.5, 0.6) is 0 Å². The number of hydrogen-bond acceptors (Lipinski definition) is 3. The zero-order valence-electron chi connectivity index (χ0n) is 5.97. The SMILES string of the molecule is C1=C2NSCCN2CCC1. The van der Waals surface area contributed by atoms with Crippen molar-refractivity contribution in [1.82, 2.24) is 9.62 Å². The molecular formula is C7H12N2S. The fraction of sp³-hybridized carbons (Fsp3) is 0.714. The second-order valence-electron chi connectivity index (χ2n) is 2.67. The van der Waals surface area contributed by atoms with Crippen molar-refractivity contribution in [3.63, 3.8) is 0 Å². The van der Waals surface area contributed by atoms with Crippen molar-refractivity contribution in [1.29, 1.82) is 0 Å². The minimum atomic E-state index is 1.22. The minimum Gasteiger partial charge on any atom is -0.357 e. The van der Waals surface area contributed by atoms with Crippen molar-refractivity contribution in [3.05, 3.63) is 11.9 Å². The van der Waals surface area contributed by atoms with Gasteiger partial charge in [-0.05, 0) is 30.9 Å². The first-order chi connectivity index (χ1) is 4.97. The molecule has 0 saturated carbocycles. The van der Waals surface area contributed by atoms with Gasteiger partial charge in [-0.3, -0.25) is 0 Å². The van der Waals surface area contributed by atoms with E-state index in [2.05, 4.69) is 15.7 Å². The van der Waals surface area contributed by atoms with E-state index in [0.717, 1.165) is 0 Å². The van der Waals surface area contributed by atoms with Crippen LogP contribution in [0.3, 0.4) is 0 Å². The summed E-state index contributed by atoms with van der Waals surface area (Å²) in [5.74, 6) is 2.57. The monoisotopic (exact) mass is 156 g/mol. The Bertz CT molecular complexity index is 156. The zero-order chi connectivity index (χ0) is 6.81. The predicted molar refractivity (Wildman–Crippen MR) is 44.5 cm³/mol. The highest BCUT2D eigenvalue weighted by Gasteiger charge is 2.16. The Morgan fingerprint density at radius 2 is 2.50 bits per heavy atom. The number of fused-ring (bicyclic) bond motifs is 1. The molecule has 2 rings (SSSR count). The molecule has 10 heavy (non-hydrogen) atoms. The van der Waals surface area contributed by atoms with Gasteiger partial charge in [0.2, 0.25) is 0 Å². The molecule has 0 spiro atoms. The van der Waals surface area contributed by atoms with E-state index in [1.165, 1.54) is 37.5 Å². The van der Waals surface area contributed by atoms with E-state index in [9.17, 15) is 0 Å². The first-order valence-corrected chi connectivity index (χ1v) is 4.78. The van der Waals surface area contributed by atoms with Crippen LogP contribution < -0.4 is 4.72 Å². The number of hydrogen-bond donors (Lipinski definition) is 1. The van der Waals surface area contributed by atoms with Crippen LogP contribution in [-0.2, 0) is 0 Å². The van der Waals surface area contributed by atoms with Crippen LogP contribution in [-0.4, -0.2) is 23.7 Å². The third kappa shape index (κ3) is 1.10. The Kier molecular flexibility index (Phi) is 1.76. The summed E-state index contributed by atoms with van der Waals surface area (Å²) in [6.07, 6.45) is 4.88. The zero-order valence-corrected chi connectivity index (χ0v) is 6.78. The molecule has 1 saturated heterocycles. The third-order valence-corrected chi connectivity index (χ3v) is 2.69. The predicted octanol–water partition coefficient (Wildman–Crippen LogP) is 1.18. The Morgan fingerprint density at radius 3 is 3.40 bits per heavy atom. The van der Waals surface area contributed by atoms with E-state index >= 15 is 0 Å². The van der Waals surface area contributed by atoms with Gasteiger partial charge >= 0.3 is 0 Å². The molecular weight excluding hydrogens is 144 g/mol. The second-order valence-corrected chi connectivity index (χ2v) is 3.57. The van der Waals surface area contributed by atoms with Crippen LogP contribution >= 0.6 is 11.9 Å². The molecule has 0 radical (unpaired) electrons. The van der Waals surface area contributed by atoms with E-state index in [0.29, 0.717) is 0 Å². The Morgan fingerprint density at radius 1 is 1.50 bits per heavy atom. The lowest BCUT2D eigenvalue weighted by molar-refractivity contribution is 0.324. The maximum Gasteiger partial charge on any atom is 0.107 e. The fourth-order valence-electron chi connectivity index (χ4n) is 1.39. The maximum atomic E-state index is 3.32. The molecule has 2 heterocycles. The second kappa shape index (κ2) is 2.74. The molecule has 56 valence electrons. The molecule has 0 unspecified atom stereocenters. The lowest BCUT2D eigenvalue weighted by Gasteiger charge is -2.34. The van der Waals surface area contributed by atoms with Crippen molar-refractivity contribution in [2.75, 3.05) is 18.8 Å². The van der Waals surface area contributed by atoms with Gasteiger partial charge < -0.3 is 9.62 Å². The van der Waals surface area contributed by atoms with Gasteiger partial charge in [0.15, 0.2) is 0 Å². The van der Waals surface area contributed by atoms with Crippen LogP contribution in [0.4, 0.5) is 0 Å². The first kappa shape index (κ1) is 6.40. The van der Waals surface area contributed by atoms with Crippen LogP contribution in [0.1, 0.15) is 12.8 Å². The summed E-state index contributed by atoms with van der Waals surface area (Å²) >= 11 is 1.82. The molecule has 2 aliphatic rings. The molecule has 1 N–H and O–H groups in total. The third-order valence-electron chi connectivity index (χ3n) is 1.95. The number of rotatable bonds is 0. The van der Waals surface area contributed by atoms with E-state index in [-0.39, 0.29) is 0 Å². The van der Waals surface area contributed by atoms with Crippen LogP contribution in [0.2, 0.25) is 0 Å². The van der Waals surface area contributed by atoms with Crippen molar-refractivity contribution < 1.29 is 0 Å². The largest absolute Gasteiger partial charge is 0.357 e. The van der Waals surface area contributed by atoms with Gasteiger partial charge in [0, 0.05) is 18.8 Å². The Balaban J connectivity index is 2.08. The molecule has 0 atom stereocenters. The summed E-state index contributed by atoms with van der Waals surface area (Å²) in [4.78, 5) is 2.43. The summed E-state index contributed by atoms with van der Waals surface area (Å²) in [6.45, 7) is 2.48. The molecule has 3 heteroatoms. The summed E-state index contributed by atoms with van der Waals surface area (Å²) in [5, 5.41) is 0. The van der Waals surface area contributed by atoms with Crippen LogP contribution in [0, 0.1) is 0 Å². The highest BCUT2D eigenvalue weighted by molar-refractivity contribution is 7.97. The van der Waals surface area contributed by atoms with Gasteiger partial charge in [0.05, 0.1) is 0 Å². The van der Waals surface area contributed by atoms with E-state index < -0.39 is 0 Å². The van der Waals surface area contributed by atoms with Gasteiger partial charge in [-0.25, -0.2) is 0 Å². The Hall–Kier alpha value is -0.310. The van der Waals surface area contributed by atoms with Crippen molar-refractivity contribution in [2.45, 2.75) is 12.8 Å². The summed E-state index contributed by atoms with van der Waals surface area (Å²) in [5.41, 5.74) is 0. The highest BCUT2D eigenvalue weighted by Crippen LogP contribution is 2.18. The van der Waals surface area contributed by atoms with Gasteiger partial charge in [0.25, 0.3) is 0 Å². The topological polar surface area (TPSA) is 15.3 Å². The molecule has 0 aromatic rings. The molecule has 2 aliphatic heterocycles. The average Bonchev–Trinajstić information content (AvgIpc) is 2.05. The normalized spacial score (nSPS) is 24.8. The number of nitrogens with zero attached hydrogens (tertiary/aromatic N) is 1. The van der Waals surface area contributed by atoms with Crippen molar-refractivity contribution in [2.24, 2.45) is 0 Å². The van der Waals surface area contributed by atoms with Crippen molar-refractivity contribution in [3.8, 4) is 0 Å². The van der Waals surface area contributed by atoms with Gasteiger partial charge in [0.1, 0.15) is 5.82 Å². The number of allylic oxidation sites excluding steroid dienone is 1. The molecule has 0 amide bonds. The number of nitrogens with one attached hydrogen (secondary N) is 1. The Labute approximate surface area is 65.8 Å². The lowest BCUT2D eigenvalue weighted by atomic mass is 10.2. The fourth-order valence-corrected chi connectivity index (χ4v) is 2.16. The molecule has 2 nitrogen and oxygen atoms in total. The van der Waals surface area contributed by atoms with Gasteiger partial charge in [-0.15, -0.1) is 0 Å². The van der Waals surface area contributed by atoms with E-state index in [1.807, 2.05) is 11.9 Å². The molecule has 0 bridgehead atoms. The van der Waals surface area contributed by atoms with Crippen LogP contribution in [0.15, 0.2) is 11.9 Å². The molecule has 0 aliphatic carbocycles. The smallest absolute Gasteiger partial charge is 0.107 e. The summed E-state index contributed by atoms with van der Waals surface area (Å²) in [7, 11) is 0. The minimum absolute atomic E-state index is 1.22. The van der Waals surface area contributed by atoms with E-state index in [4.69, 9.17) is 0 Å². The molecule has 1 fully saturated rings. The van der Waals surface area contributed by atoms with Gasteiger partial charge in [-0.1, -0.05) is 0 Å². The standard InChI is InChI=1S/C7H12N2S/c1-2-4-9-5-6-10-8-7(9)3-1/h3,8H,1-2,4-6H2. The highest BCUT2D eigenvalue weighted by atomic mass is 32.2.